The van der Waals surface area contributed by atoms with Crippen LogP contribution < -0.4 is 10.6 Å². The van der Waals surface area contributed by atoms with Crippen LogP contribution in [0.25, 0.3) is 0 Å². The van der Waals surface area contributed by atoms with Gasteiger partial charge in [0.1, 0.15) is 0 Å². The van der Waals surface area contributed by atoms with Crippen molar-refractivity contribution in [1.29, 1.82) is 0 Å². The molecule has 2 N–H and O–H groups in total. The highest BCUT2D eigenvalue weighted by molar-refractivity contribution is 6.31. The number of allylic oxidation sites excluding steroid dienone is 1. The second-order valence-electron chi connectivity index (χ2n) is 6.89. The minimum absolute atomic E-state index is 0.0176. The molecule has 172 valence electrons. The Balaban J connectivity index is 0.000000424. The SMILES string of the molecule is C=CC.CNC(=O)CN1CC(C(=O)Nc2cccc(Cl)c2)CCC1=O.Clc1ccccc1. The summed E-state index contributed by atoms with van der Waals surface area (Å²) >= 11 is 11.4. The van der Waals surface area contributed by atoms with Crippen molar-refractivity contribution in [2.75, 3.05) is 25.5 Å². The van der Waals surface area contributed by atoms with E-state index < -0.39 is 0 Å². The molecule has 1 aliphatic heterocycles. The van der Waals surface area contributed by atoms with Gasteiger partial charge in [-0.25, -0.2) is 0 Å². The van der Waals surface area contributed by atoms with Crippen LogP contribution in [0.5, 0.6) is 0 Å². The lowest BCUT2D eigenvalue weighted by atomic mass is 9.96. The van der Waals surface area contributed by atoms with Crippen molar-refractivity contribution in [3.8, 4) is 0 Å². The Morgan fingerprint density at radius 3 is 2.28 bits per heavy atom. The Morgan fingerprint density at radius 1 is 1.12 bits per heavy atom. The lowest BCUT2D eigenvalue weighted by molar-refractivity contribution is -0.140. The molecule has 1 aliphatic rings. The minimum atomic E-state index is -0.332. The molecular formula is C24H29Cl2N3O3. The van der Waals surface area contributed by atoms with Crippen LogP contribution in [0.1, 0.15) is 19.8 Å². The van der Waals surface area contributed by atoms with E-state index in [-0.39, 0.29) is 43.1 Å². The summed E-state index contributed by atoms with van der Waals surface area (Å²) < 4.78 is 0. The van der Waals surface area contributed by atoms with Gasteiger partial charge < -0.3 is 15.5 Å². The third-order valence-corrected chi connectivity index (χ3v) is 4.80. The van der Waals surface area contributed by atoms with Crippen molar-refractivity contribution in [3.05, 3.63) is 77.3 Å². The van der Waals surface area contributed by atoms with Crippen molar-refractivity contribution in [2.24, 2.45) is 5.92 Å². The van der Waals surface area contributed by atoms with Crippen LogP contribution >= 0.6 is 23.2 Å². The first-order valence-electron chi connectivity index (χ1n) is 10.1. The second-order valence-corrected chi connectivity index (χ2v) is 7.76. The highest BCUT2D eigenvalue weighted by atomic mass is 35.5. The molecule has 0 radical (unpaired) electrons. The number of likely N-dealkylation sites (N-methyl/N-ethyl adjacent to an activating group) is 1. The largest absolute Gasteiger partial charge is 0.358 e. The molecule has 1 saturated heterocycles. The summed E-state index contributed by atoms with van der Waals surface area (Å²) in [5.74, 6) is -0.849. The molecule has 1 heterocycles. The van der Waals surface area contributed by atoms with Crippen molar-refractivity contribution in [1.82, 2.24) is 10.2 Å². The number of benzene rings is 2. The van der Waals surface area contributed by atoms with Crippen LogP contribution in [0, 0.1) is 5.92 Å². The number of halogens is 2. The van der Waals surface area contributed by atoms with E-state index in [1.165, 1.54) is 11.9 Å². The molecule has 1 unspecified atom stereocenters. The van der Waals surface area contributed by atoms with Crippen LogP contribution in [0.3, 0.4) is 0 Å². The van der Waals surface area contributed by atoms with Gasteiger partial charge in [0.25, 0.3) is 0 Å². The summed E-state index contributed by atoms with van der Waals surface area (Å²) in [5.41, 5.74) is 0.618. The fraction of sp³-hybridized carbons (Fsp3) is 0.292. The number of carbonyl (C=O) groups excluding carboxylic acids is 3. The molecule has 0 bridgehead atoms. The summed E-state index contributed by atoms with van der Waals surface area (Å²) in [5, 5.41) is 6.60. The quantitative estimate of drug-likeness (QED) is 0.620. The Morgan fingerprint density at radius 2 is 1.75 bits per heavy atom. The van der Waals surface area contributed by atoms with Crippen LogP contribution in [0.2, 0.25) is 10.0 Å². The molecule has 2 aromatic rings. The first-order chi connectivity index (χ1) is 15.3. The van der Waals surface area contributed by atoms with Gasteiger partial charge >= 0.3 is 0 Å². The number of nitrogens with zero attached hydrogens (tertiary/aromatic N) is 1. The zero-order valence-electron chi connectivity index (χ0n) is 18.3. The van der Waals surface area contributed by atoms with E-state index >= 15 is 0 Å². The molecule has 0 spiro atoms. The number of hydrogen-bond acceptors (Lipinski definition) is 3. The average Bonchev–Trinajstić information content (AvgIpc) is 2.76. The maximum atomic E-state index is 12.3. The summed E-state index contributed by atoms with van der Waals surface area (Å²) in [7, 11) is 1.51. The minimum Gasteiger partial charge on any atom is -0.358 e. The van der Waals surface area contributed by atoms with Gasteiger partial charge in [-0.2, -0.15) is 0 Å². The number of piperidine rings is 1. The molecule has 0 aromatic heterocycles. The molecule has 3 rings (SSSR count). The van der Waals surface area contributed by atoms with Gasteiger partial charge in [0.05, 0.1) is 12.5 Å². The van der Waals surface area contributed by atoms with E-state index in [1.54, 1.807) is 30.3 Å². The standard InChI is InChI=1S/C15H18ClN3O3.C6H5Cl.C3H6/c1-17-13(20)9-19-8-10(5-6-14(19)21)15(22)18-12-4-2-3-11(16)7-12;7-6-4-2-1-3-5-6;1-3-2/h2-4,7,10H,5-6,8-9H2,1H3,(H,17,20)(H,18,22);1-5H;3H,1H2,2H3. The smallest absolute Gasteiger partial charge is 0.239 e. The molecule has 32 heavy (non-hydrogen) atoms. The van der Waals surface area contributed by atoms with Gasteiger partial charge in [-0.05, 0) is 43.7 Å². The lowest BCUT2D eigenvalue weighted by Gasteiger charge is -2.31. The van der Waals surface area contributed by atoms with Gasteiger partial charge in [-0.1, -0.05) is 53.5 Å². The molecule has 2 aromatic carbocycles. The van der Waals surface area contributed by atoms with E-state index in [4.69, 9.17) is 23.2 Å². The summed E-state index contributed by atoms with van der Waals surface area (Å²) in [4.78, 5) is 36.9. The fourth-order valence-electron chi connectivity index (χ4n) is 2.76. The van der Waals surface area contributed by atoms with Crippen molar-refractivity contribution in [2.45, 2.75) is 19.8 Å². The maximum absolute atomic E-state index is 12.3. The van der Waals surface area contributed by atoms with Gasteiger partial charge in [0.15, 0.2) is 0 Å². The number of rotatable bonds is 4. The molecule has 1 atom stereocenters. The first kappa shape index (κ1) is 27.2. The zero-order valence-corrected chi connectivity index (χ0v) is 19.8. The Labute approximate surface area is 199 Å². The average molecular weight is 478 g/mol. The first-order valence-corrected chi connectivity index (χ1v) is 10.9. The van der Waals surface area contributed by atoms with Crippen molar-refractivity contribution < 1.29 is 14.4 Å². The van der Waals surface area contributed by atoms with Crippen LogP contribution in [-0.2, 0) is 14.4 Å². The third kappa shape index (κ3) is 10.5. The summed E-state index contributed by atoms with van der Waals surface area (Å²) in [6, 6.07) is 16.3. The number of likely N-dealkylation sites (tertiary alicyclic amines) is 1. The fourth-order valence-corrected chi connectivity index (χ4v) is 3.10. The molecule has 3 amide bonds. The Bertz CT molecular complexity index is 891. The number of carbonyl (C=O) groups is 3. The van der Waals surface area contributed by atoms with Crippen molar-refractivity contribution in [3.63, 3.8) is 0 Å². The third-order valence-electron chi connectivity index (χ3n) is 4.31. The summed E-state index contributed by atoms with van der Waals surface area (Å²) in [6.45, 7) is 5.48. The molecule has 6 nitrogen and oxygen atoms in total. The number of hydrogen-bond donors (Lipinski definition) is 2. The zero-order chi connectivity index (χ0) is 23.9. The Hall–Kier alpha value is -2.83. The van der Waals surface area contributed by atoms with Crippen molar-refractivity contribution >= 4 is 46.6 Å². The lowest BCUT2D eigenvalue weighted by Crippen LogP contribution is -2.47. The second kappa shape index (κ2) is 15.1. The Kier molecular flexibility index (Phi) is 12.8. The van der Waals surface area contributed by atoms with E-state index in [0.29, 0.717) is 17.1 Å². The van der Waals surface area contributed by atoms with Gasteiger partial charge in [0, 0.05) is 35.7 Å². The van der Waals surface area contributed by atoms with Gasteiger partial charge in [-0.3, -0.25) is 14.4 Å². The maximum Gasteiger partial charge on any atom is 0.239 e. The van der Waals surface area contributed by atoms with E-state index in [1.807, 2.05) is 37.3 Å². The topological polar surface area (TPSA) is 78.5 Å². The summed E-state index contributed by atoms with van der Waals surface area (Å²) in [6.07, 6.45) is 2.50. The van der Waals surface area contributed by atoms with Crippen LogP contribution in [0.15, 0.2) is 67.3 Å². The number of anilines is 1. The number of amides is 3. The molecule has 0 saturated carbocycles. The van der Waals surface area contributed by atoms with E-state index in [9.17, 15) is 14.4 Å². The molecular weight excluding hydrogens is 449 g/mol. The molecule has 1 fully saturated rings. The predicted molar refractivity (Wildman–Crippen MR) is 131 cm³/mol. The predicted octanol–water partition coefficient (Wildman–Crippen LogP) is 4.80. The van der Waals surface area contributed by atoms with Crippen LogP contribution in [-0.4, -0.2) is 42.8 Å². The monoisotopic (exact) mass is 477 g/mol. The highest BCUT2D eigenvalue weighted by Crippen LogP contribution is 2.21. The molecule has 0 aliphatic carbocycles. The van der Waals surface area contributed by atoms with Crippen LogP contribution in [0.4, 0.5) is 5.69 Å². The van der Waals surface area contributed by atoms with E-state index in [0.717, 1.165) is 5.02 Å². The van der Waals surface area contributed by atoms with Gasteiger partial charge in [0.2, 0.25) is 17.7 Å². The normalized spacial score (nSPS) is 14.7. The van der Waals surface area contributed by atoms with E-state index in [2.05, 4.69) is 17.2 Å². The van der Waals surface area contributed by atoms with Gasteiger partial charge in [-0.15, -0.1) is 6.58 Å². The molecule has 8 heteroatoms. The highest BCUT2D eigenvalue weighted by Gasteiger charge is 2.31. The number of nitrogens with one attached hydrogen (secondary N) is 2.